The normalized spacial score (nSPS) is 17.1. The molecular weight excluding hydrogens is 345 g/mol. The highest BCUT2D eigenvalue weighted by Crippen LogP contribution is 2.19. The smallest absolute Gasteiger partial charge is 0.236 e. The molecule has 1 saturated heterocycles. The van der Waals surface area contributed by atoms with Crippen LogP contribution in [0.15, 0.2) is 48.8 Å². The van der Waals surface area contributed by atoms with Crippen LogP contribution in [0.4, 0.5) is 4.39 Å². The summed E-state index contributed by atoms with van der Waals surface area (Å²) >= 11 is 0. The highest BCUT2D eigenvalue weighted by atomic mass is 19.1. The van der Waals surface area contributed by atoms with Crippen molar-refractivity contribution in [2.24, 2.45) is 5.92 Å². The monoisotopic (exact) mass is 371 g/mol. The average Bonchev–Trinajstić information content (AvgIpc) is 2.67. The highest BCUT2D eigenvalue weighted by molar-refractivity contribution is 5.78. The fourth-order valence-corrected chi connectivity index (χ4v) is 3.39. The first-order valence-corrected chi connectivity index (χ1v) is 9.34. The van der Waals surface area contributed by atoms with Gasteiger partial charge in [0.2, 0.25) is 5.91 Å². The third-order valence-electron chi connectivity index (χ3n) is 4.73. The molecule has 2 aromatic rings. The number of hydrogen-bond donors (Lipinski definition) is 0. The molecule has 6 heteroatoms. The molecular formula is C21H26FN3O2. The van der Waals surface area contributed by atoms with Crippen LogP contribution in [-0.2, 0) is 11.3 Å². The van der Waals surface area contributed by atoms with Gasteiger partial charge in [0.25, 0.3) is 0 Å². The Morgan fingerprint density at radius 1 is 1.37 bits per heavy atom. The molecule has 1 aromatic heterocycles. The number of aromatic nitrogens is 1. The zero-order valence-electron chi connectivity index (χ0n) is 15.7. The summed E-state index contributed by atoms with van der Waals surface area (Å²) in [4.78, 5) is 20.7. The van der Waals surface area contributed by atoms with Gasteiger partial charge in [0.1, 0.15) is 11.6 Å². The van der Waals surface area contributed by atoms with E-state index in [1.54, 1.807) is 18.3 Å². The molecule has 0 radical (unpaired) electrons. The van der Waals surface area contributed by atoms with Crippen LogP contribution in [0.2, 0.25) is 0 Å². The van der Waals surface area contributed by atoms with Crippen molar-refractivity contribution in [3.63, 3.8) is 0 Å². The number of pyridine rings is 1. The number of hydrogen-bond acceptors (Lipinski definition) is 4. The SMILES string of the molecule is CN(CC(=O)N1CCC[C@H](COc2cccc(F)c2)C1)Cc1cccnc1. The van der Waals surface area contributed by atoms with Gasteiger partial charge in [-0.05, 0) is 43.7 Å². The van der Waals surface area contributed by atoms with Gasteiger partial charge in [0, 0.05) is 44.0 Å². The van der Waals surface area contributed by atoms with Gasteiger partial charge < -0.3 is 9.64 Å². The molecule has 5 nitrogen and oxygen atoms in total. The van der Waals surface area contributed by atoms with Crippen molar-refractivity contribution in [2.45, 2.75) is 19.4 Å². The number of rotatable bonds is 7. The Morgan fingerprint density at radius 3 is 3.04 bits per heavy atom. The second-order valence-corrected chi connectivity index (χ2v) is 7.15. The Balaban J connectivity index is 1.46. The standard InChI is InChI=1S/C21H26FN3O2/c1-24(13-17-5-3-9-23-12-17)15-21(26)25-10-4-6-18(14-25)16-27-20-8-2-7-19(22)11-20/h2-3,5,7-9,11-12,18H,4,6,10,13-16H2,1H3/t18-/m0/s1. The number of carbonyl (C=O) groups excluding carboxylic acids is 1. The van der Waals surface area contributed by atoms with E-state index < -0.39 is 0 Å². The zero-order chi connectivity index (χ0) is 19.1. The summed E-state index contributed by atoms with van der Waals surface area (Å²) in [5.41, 5.74) is 1.09. The van der Waals surface area contributed by atoms with E-state index in [1.807, 2.05) is 35.2 Å². The second kappa shape index (κ2) is 9.46. The van der Waals surface area contributed by atoms with E-state index in [2.05, 4.69) is 4.98 Å². The minimum absolute atomic E-state index is 0.136. The van der Waals surface area contributed by atoms with E-state index in [-0.39, 0.29) is 17.6 Å². The van der Waals surface area contributed by atoms with Gasteiger partial charge in [0.15, 0.2) is 0 Å². The molecule has 0 N–H and O–H groups in total. The third kappa shape index (κ3) is 6.03. The van der Waals surface area contributed by atoms with Gasteiger partial charge in [-0.15, -0.1) is 0 Å². The Hall–Kier alpha value is -2.47. The molecule has 0 spiro atoms. The van der Waals surface area contributed by atoms with Crippen LogP contribution in [0.25, 0.3) is 0 Å². The predicted octanol–water partition coefficient (Wildman–Crippen LogP) is 2.97. The van der Waals surface area contributed by atoms with Crippen LogP contribution < -0.4 is 4.74 Å². The van der Waals surface area contributed by atoms with Crippen molar-refractivity contribution in [3.8, 4) is 5.75 Å². The largest absolute Gasteiger partial charge is 0.493 e. The molecule has 0 unspecified atom stereocenters. The Kier molecular flexibility index (Phi) is 6.76. The molecule has 1 aromatic carbocycles. The van der Waals surface area contributed by atoms with E-state index in [4.69, 9.17) is 4.74 Å². The molecule has 0 aliphatic carbocycles. The van der Waals surface area contributed by atoms with Crippen LogP contribution >= 0.6 is 0 Å². The summed E-state index contributed by atoms with van der Waals surface area (Å²) in [7, 11) is 1.94. The van der Waals surface area contributed by atoms with Crippen molar-refractivity contribution < 1.29 is 13.9 Å². The number of likely N-dealkylation sites (tertiary alicyclic amines) is 1. The van der Waals surface area contributed by atoms with Crippen molar-refractivity contribution in [1.82, 2.24) is 14.8 Å². The summed E-state index contributed by atoms with van der Waals surface area (Å²) in [6.07, 6.45) is 5.55. The van der Waals surface area contributed by atoms with E-state index in [1.165, 1.54) is 12.1 Å². The van der Waals surface area contributed by atoms with Gasteiger partial charge >= 0.3 is 0 Å². The van der Waals surface area contributed by atoms with Crippen LogP contribution in [0.5, 0.6) is 5.75 Å². The van der Waals surface area contributed by atoms with E-state index in [0.717, 1.165) is 24.9 Å². The molecule has 1 fully saturated rings. The quantitative estimate of drug-likeness (QED) is 0.751. The maximum atomic E-state index is 13.2. The number of piperidine rings is 1. The molecule has 1 aliphatic heterocycles. The zero-order valence-corrected chi connectivity index (χ0v) is 15.7. The van der Waals surface area contributed by atoms with Crippen molar-refractivity contribution in [1.29, 1.82) is 0 Å². The first kappa shape index (κ1) is 19.3. The number of benzene rings is 1. The Labute approximate surface area is 159 Å². The predicted molar refractivity (Wildman–Crippen MR) is 102 cm³/mol. The fraction of sp³-hybridized carbons (Fsp3) is 0.429. The number of likely N-dealkylation sites (N-methyl/N-ethyl adjacent to an activating group) is 1. The lowest BCUT2D eigenvalue weighted by molar-refractivity contribution is -0.134. The van der Waals surface area contributed by atoms with Crippen LogP contribution in [-0.4, -0.2) is 54.0 Å². The number of nitrogens with zero attached hydrogens (tertiary/aromatic N) is 3. The second-order valence-electron chi connectivity index (χ2n) is 7.15. The highest BCUT2D eigenvalue weighted by Gasteiger charge is 2.24. The molecule has 1 atom stereocenters. The molecule has 3 rings (SSSR count). The number of carbonyl (C=O) groups is 1. The van der Waals surface area contributed by atoms with Crippen molar-refractivity contribution in [2.75, 3.05) is 33.3 Å². The molecule has 27 heavy (non-hydrogen) atoms. The van der Waals surface area contributed by atoms with Crippen LogP contribution in [0.3, 0.4) is 0 Å². The third-order valence-corrected chi connectivity index (χ3v) is 4.73. The van der Waals surface area contributed by atoms with Gasteiger partial charge in [-0.25, -0.2) is 4.39 Å². The van der Waals surface area contributed by atoms with Gasteiger partial charge in [-0.1, -0.05) is 12.1 Å². The van der Waals surface area contributed by atoms with E-state index >= 15 is 0 Å². The first-order chi connectivity index (χ1) is 13.1. The minimum Gasteiger partial charge on any atom is -0.493 e. The fourth-order valence-electron chi connectivity index (χ4n) is 3.39. The summed E-state index contributed by atoms with van der Waals surface area (Å²) in [5, 5.41) is 0. The van der Waals surface area contributed by atoms with Gasteiger partial charge in [-0.2, -0.15) is 0 Å². The topological polar surface area (TPSA) is 45.7 Å². The van der Waals surface area contributed by atoms with E-state index in [9.17, 15) is 9.18 Å². The summed E-state index contributed by atoms with van der Waals surface area (Å²) < 4.78 is 19.0. The van der Waals surface area contributed by atoms with E-state index in [0.29, 0.717) is 32.0 Å². The molecule has 1 aliphatic rings. The number of amides is 1. The summed E-state index contributed by atoms with van der Waals surface area (Å²) in [5.74, 6) is 0.644. The number of ether oxygens (including phenoxy) is 1. The lowest BCUT2D eigenvalue weighted by Crippen LogP contribution is -2.45. The Morgan fingerprint density at radius 2 is 2.26 bits per heavy atom. The van der Waals surface area contributed by atoms with Gasteiger partial charge in [-0.3, -0.25) is 14.7 Å². The molecule has 0 bridgehead atoms. The van der Waals surface area contributed by atoms with Crippen molar-refractivity contribution >= 4 is 5.91 Å². The lowest BCUT2D eigenvalue weighted by atomic mass is 9.99. The van der Waals surface area contributed by atoms with Crippen LogP contribution in [0.1, 0.15) is 18.4 Å². The maximum absolute atomic E-state index is 13.2. The molecule has 0 saturated carbocycles. The minimum atomic E-state index is -0.301. The lowest BCUT2D eigenvalue weighted by Gasteiger charge is -2.33. The van der Waals surface area contributed by atoms with Crippen molar-refractivity contribution in [3.05, 3.63) is 60.2 Å². The number of halogens is 1. The Bertz CT molecular complexity index is 741. The van der Waals surface area contributed by atoms with Gasteiger partial charge in [0.05, 0.1) is 13.2 Å². The molecule has 144 valence electrons. The van der Waals surface area contributed by atoms with Crippen LogP contribution in [0, 0.1) is 11.7 Å². The molecule has 1 amide bonds. The average molecular weight is 371 g/mol. The maximum Gasteiger partial charge on any atom is 0.236 e. The summed E-state index contributed by atoms with van der Waals surface area (Å²) in [6, 6.07) is 10.1. The first-order valence-electron chi connectivity index (χ1n) is 9.34. The summed E-state index contributed by atoms with van der Waals surface area (Å²) in [6.45, 7) is 3.05. The molecule has 2 heterocycles.